The summed E-state index contributed by atoms with van der Waals surface area (Å²) in [5.41, 5.74) is 2.61. The van der Waals surface area contributed by atoms with E-state index in [9.17, 15) is 4.79 Å². The van der Waals surface area contributed by atoms with Gasteiger partial charge in [-0.2, -0.15) is 0 Å². The van der Waals surface area contributed by atoms with Gasteiger partial charge in [-0.1, -0.05) is 37.3 Å². The van der Waals surface area contributed by atoms with Crippen LogP contribution in [0.2, 0.25) is 0 Å². The molecule has 1 aromatic carbocycles. The predicted molar refractivity (Wildman–Crippen MR) is 85.2 cm³/mol. The second-order valence-corrected chi connectivity index (χ2v) is 5.08. The van der Waals surface area contributed by atoms with E-state index in [4.69, 9.17) is 0 Å². The van der Waals surface area contributed by atoms with E-state index in [1.165, 1.54) is 5.56 Å². The number of nitrogens with one attached hydrogen (secondary N) is 2. The molecule has 0 aliphatic rings. The Balaban J connectivity index is 1.99. The van der Waals surface area contributed by atoms with Gasteiger partial charge in [-0.3, -0.25) is 9.78 Å². The molecular formula is C17H21N3O. The van der Waals surface area contributed by atoms with E-state index >= 15 is 0 Å². The molecule has 110 valence electrons. The van der Waals surface area contributed by atoms with Crippen molar-refractivity contribution in [1.82, 2.24) is 10.3 Å². The van der Waals surface area contributed by atoms with Crippen molar-refractivity contribution in [3.63, 3.8) is 0 Å². The van der Waals surface area contributed by atoms with Crippen LogP contribution in [-0.2, 0) is 6.54 Å². The summed E-state index contributed by atoms with van der Waals surface area (Å²) < 4.78 is 0. The Morgan fingerprint density at radius 3 is 2.71 bits per heavy atom. The zero-order valence-electron chi connectivity index (χ0n) is 12.5. The highest BCUT2D eigenvalue weighted by atomic mass is 16.1. The second-order valence-electron chi connectivity index (χ2n) is 5.08. The Hall–Kier alpha value is -2.36. The van der Waals surface area contributed by atoms with Crippen molar-refractivity contribution in [2.45, 2.75) is 32.9 Å². The Labute approximate surface area is 125 Å². The van der Waals surface area contributed by atoms with E-state index < -0.39 is 0 Å². The van der Waals surface area contributed by atoms with Crippen molar-refractivity contribution in [3.8, 4) is 0 Å². The lowest BCUT2D eigenvalue weighted by molar-refractivity contribution is 0.0939. The van der Waals surface area contributed by atoms with Crippen LogP contribution < -0.4 is 10.6 Å². The molecule has 0 bridgehead atoms. The summed E-state index contributed by atoms with van der Waals surface area (Å²) in [6, 6.07) is 12.1. The molecule has 1 unspecified atom stereocenters. The Morgan fingerprint density at radius 2 is 2.00 bits per heavy atom. The average Bonchev–Trinajstić information content (AvgIpc) is 2.54. The quantitative estimate of drug-likeness (QED) is 0.856. The molecule has 1 heterocycles. The number of rotatable bonds is 6. The zero-order valence-corrected chi connectivity index (χ0v) is 12.5. The molecule has 2 N–H and O–H groups in total. The van der Waals surface area contributed by atoms with Crippen LogP contribution in [0.3, 0.4) is 0 Å². The summed E-state index contributed by atoms with van der Waals surface area (Å²) >= 11 is 0. The molecule has 2 aromatic rings. The normalized spacial score (nSPS) is 11.7. The number of nitrogens with zero attached hydrogens (tertiary/aromatic N) is 1. The molecule has 0 aliphatic heterocycles. The van der Waals surface area contributed by atoms with Crippen LogP contribution in [0.1, 0.15) is 36.2 Å². The Kier molecular flexibility index (Phi) is 5.32. The standard InChI is InChI=1S/C17H21N3O/c1-3-13(2)20-17(21)15-9-16(12-18-11-15)19-10-14-7-5-4-6-8-14/h4-9,11-13,19H,3,10H2,1-2H3,(H,20,21). The van der Waals surface area contributed by atoms with E-state index in [1.807, 2.05) is 38.1 Å². The fourth-order valence-corrected chi connectivity index (χ4v) is 1.87. The predicted octanol–water partition coefficient (Wildman–Crippen LogP) is 3.22. The number of pyridine rings is 1. The lowest BCUT2D eigenvalue weighted by atomic mass is 10.2. The third-order valence-corrected chi connectivity index (χ3v) is 3.33. The third kappa shape index (κ3) is 4.60. The molecule has 1 atom stereocenters. The molecule has 0 fully saturated rings. The summed E-state index contributed by atoms with van der Waals surface area (Å²) in [5, 5.41) is 6.22. The number of hydrogen-bond donors (Lipinski definition) is 2. The minimum atomic E-state index is -0.0831. The fourth-order valence-electron chi connectivity index (χ4n) is 1.87. The summed E-state index contributed by atoms with van der Waals surface area (Å²) in [4.78, 5) is 16.2. The highest BCUT2D eigenvalue weighted by Gasteiger charge is 2.09. The first-order valence-electron chi connectivity index (χ1n) is 7.22. The highest BCUT2D eigenvalue weighted by Crippen LogP contribution is 2.11. The van der Waals surface area contributed by atoms with Crippen molar-refractivity contribution in [3.05, 3.63) is 59.9 Å². The van der Waals surface area contributed by atoms with E-state index in [2.05, 4.69) is 27.8 Å². The number of aromatic nitrogens is 1. The van der Waals surface area contributed by atoms with Crippen LogP contribution in [0.15, 0.2) is 48.8 Å². The van der Waals surface area contributed by atoms with Gasteiger partial charge in [-0.15, -0.1) is 0 Å². The van der Waals surface area contributed by atoms with Crippen LogP contribution in [0, 0.1) is 0 Å². The molecule has 1 amide bonds. The molecule has 4 heteroatoms. The monoisotopic (exact) mass is 283 g/mol. The minimum absolute atomic E-state index is 0.0831. The molecule has 0 aliphatic carbocycles. The first-order valence-corrected chi connectivity index (χ1v) is 7.22. The topological polar surface area (TPSA) is 54.0 Å². The smallest absolute Gasteiger partial charge is 0.253 e. The Morgan fingerprint density at radius 1 is 1.24 bits per heavy atom. The average molecular weight is 283 g/mol. The summed E-state index contributed by atoms with van der Waals surface area (Å²) in [6.07, 6.45) is 4.22. The maximum atomic E-state index is 12.1. The number of hydrogen-bond acceptors (Lipinski definition) is 3. The van der Waals surface area contributed by atoms with E-state index in [-0.39, 0.29) is 11.9 Å². The van der Waals surface area contributed by atoms with Crippen LogP contribution >= 0.6 is 0 Å². The van der Waals surface area contributed by atoms with Crippen LogP contribution in [0.25, 0.3) is 0 Å². The van der Waals surface area contributed by atoms with Crippen LogP contribution in [0.5, 0.6) is 0 Å². The highest BCUT2D eigenvalue weighted by molar-refractivity contribution is 5.94. The van der Waals surface area contributed by atoms with Crippen molar-refractivity contribution in [1.29, 1.82) is 0 Å². The van der Waals surface area contributed by atoms with E-state index in [0.29, 0.717) is 12.1 Å². The molecule has 0 saturated carbocycles. The largest absolute Gasteiger partial charge is 0.380 e. The van der Waals surface area contributed by atoms with Crippen molar-refractivity contribution >= 4 is 11.6 Å². The van der Waals surface area contributed by atoms with Gasteiger partial charge in [-0.05, 0) is 25.0 Å². The Bertz CT molecular complexity index is 584. The van der Waals surface area contributed by atoms with E-state index in [1.54, 1.807) is 12.4 Å². The van der Waals surface area contributed by atoms with Crippen molar-refractivity contribution < 1.29 is 4.79 Å². The number of carbonyl (C=O) groups excluding carboxylic acids is 1. The lowest BCUT2D eigenvalue weighted by Crippen LogP contribution is -2.32. The van der Waals surface area contributed by atoms with Gasteiger partial charge in [0.25, 0.3) is 5.91 Å². The summed E-state index contributed by atoms with van der Waals surface area (Å²) in [7, 11) is 0. The molecule has 2 rings (SSSR count). The summed E-state index contributed by atoms with van der Waals surface area (Å²) in [6.45, 7) is 4.74. The summed E-state index contributed by atoms with van der Waals surface area (Å²) in [5.74, 6) is -0.0831. The van der Waals surface area contributed by atoms with Gasteiger partial charge in [0, 0.05) is 25.0 Å². The van der Waals surface area contributed by atoms with Gasteiger partial charge in [0.2, 0.25) is 0 Å². The molecular weight excluding hydrogens is 262 g/mol. The molecule has 1 aromatic heterocycles. The maximum Gasteiger partial charge on any atom is 0.253 e. The molecule has 0 radical (unpaired) electrons. The number of carbonyl (C=O) groups is 1. The maximum absolute atomic E-state index is 12.1. The van der Waals surface area contributed by atoms with Gasteiger partial charge >= 0.3 is 0 Å². The number of anilines is 1. The van der Waals surface area contributed by atoms with Crippen molar-refractivity contribution in [2.75, 3.05) is 5.32 Å². The van der Waals surface area contributed by atoms with Crippen LogP contribution in [-0.4, -0.2) is 16.9 Å². The minimum Gasteiger partial charge on any atom is -0.380 e. The lowest BCUT2D eigenvalue weighted by Gasteiger charge is -2.12. The molecule has 4 nitrogen and oxygen atoms in total. The fraction of sp³-hybridized carbons (Fsp3) is 0.294. The number of amides is 1. The first kappa shape index (κ1) is 15.0. The van der Waals surface area contributed by atoms with Gasteiger partial charge in [0.15, 0.2) is 0 Å². The third-order valence-electron chi connectivity index (χ3n) is 3.33. The second kappa shape index (κ2) is 7.43. The van der Waals surface area contributed by atoms with E-state index in [0.717, 1.165) is 12.1 Å². The zero-order chi connectivity index (χ0) is 15.1. The van der Waals surface area contributed by atoms with Gasteiger partial charge in [0.1, 0.15) is 0 Å². The van der Waals surface area contributed by atoms with Gasteiger partial charge < -0.3 is 10.6 Å². The number of benzene rings is 1. The molecule has 0 saturated heterocycles. The van der Waals surface area contributed by atoms with Crippen molar-refractivity contribution in [2.24, 2.45) is 0 Å². The SMILES string of the molecule is CCC(C)NC(=O)c1cncc(NCc2ccccc2)c1. The van der Waals surface area contributed by atoms with Crippen LogP contribution in [0.4, 0.5) is 5.69 Å². The molecule has 21 heavy (non-hydrogen) atoms. The van der Waals surface area contributed by atoms with Gasteiger partial charge in [0.05, 0.1) is 11.3 Å². The first-order chi connectivity index (χ1) is 10.2. The molecule has 0 spiro atoms. The van der Waals surface area contributed by atoms with Gasteiger partial charge in [-0.25, -0.2) is 0 Å².